The fourth-order valence-electron chi connectivity index (χ4n) is 3.46. The molecule has 7 nitrogen and oxygen atoms in total. The fraction of sp³-hybridized carbons (Fsp3) is 1.00. The van der Waals surface area contributed by atoms with Gasteiger partial charge in [-0.15, -0.1) is 0 Å². The average molecular weight is 458 g/mol. The summed E-state index contributed by atoms with van der Waals surface area (Å²) in [6, 6.07) is 0. The van der Waals surface area contributed by atoms with Crippen LogP contribution < -0.4 is 37.6 Å². The molecule has 0 amide bonds. The number of hydrogen-bond donors (Lipinski definition) is 7. The third-order valence-electron chi connectivity index (χ3n) is 5.55. The molecule has 0 saturated heterocycles. The second-order valence-electron chi connectivity index (χ2n) is 8.82. The van der Waals surface area contributed by atoms with E-state index in [1.807, 2.05) is 0 Å². The molecule has 0 saturated carbocycles. The van der Waals surface area contributed by atoms with E-state index in [1.54, 1.807) is 0 Å². The molecular weight excluding hydrogens is 398 g/mol. The zero-order valence-corrected chi connectivity index (χ0v) is 21.5. The van der Waals surface area contributed by atoms with Gasteiger partial charge in [-0.1, -0.05) is 13.3 Å². The maximum atomic E-state index is 5.47. The van der Waals surface area contributed by atoms with Gasteiger partial charge in [0.05, 0.1) is 0 Å². The molecule has 32 heavy (non-hydrogen) atoms. The van der Waals surface area contributed by atoms with E-state index in [-0.39, 0.29) is 0 Å². The van der Waals surface area contributed by atoms with Crippen LogP contribution in [-0.2, 0) is 0 Å². The Balaban J connectivity index is 2.98. The normalized spacial score (nSPS) is 11.4. The van der Waals surface area contributed by atoms with Crippen LogP contribution in [0.2, 0.25) is 0 Å². The lowest BCUT2D eigenvalue weighted by atomic mass is 10.2. The van der Waals surface area contributed by atoms with Crippen LogP contribution in [0, 0.1) is 0 Å². The van der Waals surface area contributed by atoms with Crippen molar-refractivity contribution in [1.82, 2.24) is 31.9 Å². The highest BCUT2D eigenvalue weighted by Crippen LogP contribution is 1.89. The number of nitrogens with two attached hydrogens (primary N) is 1. The highest BCUT2D eigenvalue weighted by Gasteiger charge is 1.94. The Hall–Kier alpha value is -0.280. The molecule has 0 aliphatic heterocycles. The third kappa shape index (κ3) is 29.7. The largest absolute Gasteiger partial charge is 0.330 e. The second kappa shape index (κ2) is 30.7. The van der Waals surface area contributed by atoms with Crippen molar-refractivity contribution in [3.8, 4) is 0 Å². The number of rotatable bonds is 29. The standard InChI is InChI=1S/C25H59N7/c1-2-3-14-27-15-4-6-17-29-22-11-24-31-19-8-9-20-32-25-12-23-30-18-7-5-16-28-21-10-13-26/h27-32H,2-26H2,1H3. The fourth-order valence-corrected chi connectivity index (χ4v) is 3.46. The average Bonchev–Trinajstić information content (AvgIpc) is 2.81. The van der Waals surface area contributed by atoms with Gasteiger partial charge in [-0.25, -0.2) is 0 Å². The van der Waals surface area contributed by atoms with Gasteiger partial charge < -0.3 is 37.6 Å². The molecular formula is C25H59N7. The minimum absolute atomic E-state index is 0.787. The number of hydrogen-bond acceptors (Lipinski definition) is 7. The molecule has 0 aliphatic rings. The molecule has 0 unspecified atom stereocenters. The van der Waals surface area contributed by atoms with Gasteiger partial charge in [0.15, 0.2) is 0 Å². The molecule has 0 spiro atoms. The van der Waals surface area contributed by atoms with Crippen molar-refractivity contribution in [2.24, 2.45) is 5.73 Å². The number of nitrogens with one attached hydrogen (secondary N) is 6. The lowest BCUT2D eigenvalue weighted by molar-refractivity contribution is 0.534. The summed E-state index contributed by atoms with van der Waals surface area (Å²) in [5.41, 5.74) is 5.47. The Morgan fingerprint density at radius 1 is 0.344 bits per heavy atom. The molecule has 0 aromatic rings. The first-order chi connectivity index (χ1) is 15.9. The van der Waals surface area contributed by atoms with E-state index in [1.165, 1.54) is 77.3 Å². The summed E-state index contributed by atoms with van der Waals surface area (Å²) >= 11 is 0. The van der Waals surface area contributed by atoms with Gasteiger partial charge in [-0.3, -0.25) is 0 Å². The topological polar surface area (TPSA) is 98.2 Å². The van der Waals surface area contributed by atoms with Crippen LogP contribution in [-0.4, -0.2) is 85.1 Å². The molecule has 8 N–H and O–H groups in total. The Morgan fingerprint density at radius 3 is 0.875 bits per heavy atom. The van der Waals surface area contributed by atoms with E-state index < -0.39 is 0 Å². The molecule has 0 rings (SSSR count). The molecule has 194 valence electrons. The smallest absolute Gasteiger partial charge is 0.00368 e. The molecule has 0 atom stereocenters. The summed E-state index contributed by atoms with van der Waals surface area (Å²) in [5.74, 6) is 0. The minimum atomic E-state index is 0.787. The highest BCUT2D eigenvalue weighted by molar-refractivity contribution is 4.57. The SMILES string of the molecule is CCCCNCCCCNCCCNCCCCNCCCNCCCCNCCCN. The van der Waals surface area contributed by atoms with E-state index >= 15 is 0 Å². The summed E-state index contributed by atoms with van der Waals surface area (Å²) in [6.07, 6.45) is 13.7. The van der Waals surface area contributed by atoms with Crippen LogP contribution in [0.15, 0.2) is 0 Å². The summed E-state index contributed by atoms with van der Waals surface area (Å²) in [7, 11) is 0. The van der Waals surface area contributed by atoms with Gasteiger partial charge in [-0.05, 0) is 149 Å². The minimum Gasteiger partial charge on any atom is -0.330 e. The molecule has 0 heterocycles. The van der Waals surface area contributed by atoms with Gasteiger partial charge >= 0.3 is 0 Å². The van der Waals surface area contributed by atoms with Crippen molar-refractivity contribution in [2.45, 2.75) is 77.6 Å². The first kappa shape index (κ1) is 31.7. The van der Waals surface area contributed by atoms with Crippen molar-refractivity contribution in [3.05, 3.63) is 0 Å². The zero-order chi connectivity index (χ0) is 23.2. The maximum absolute atomic E-state index is 5.47. The highest BCUT2D eigenvalue weighted by atomic mass is 14.9. The van der Waals surface area contributed by atoms with Crippen molar-refractivity contribution in [3.63, 3.8) is 0 Å². The van der Waals surface area contributed by atoms with Crippen LogP contribution in [0.25, 0.3) is 0 Å². The molecule has 0 aromatic heterocycles. The van der Waals surface area contributed by atoms with Gasteiger partial charge in [0.2, 0.25) is 0 Å². The van der Waals surface area contributed by atoms with Crippen LogP contribution >= 0.6 is 0 Å². The van der Waals surface area contributed by atoms with E-state index in [0.717, 1.165) is 78.4 Å². The molecule has 0 aromatic carbocycles. The summed E-state index contributed by atoms with van der Waals surface area (Å²) in [4.78, 5) is 0. The Labute approximate surface area is 200 Å². The van der Waals surface area contributed by atoms with Gasteiger partial charge in [0, 0.05) is 0 Å². The Kier molecular flexibility index (Phi) is 30.5. The number of unbranched alkanes of at least 4 members (excludes halogenated alkanes) is 4. The van der Waals surface area contributed by atoms with Gasteiger partial charge in [0.1, 0.15) is 0 Å². The van der Waals surface area contributed by atoms with E-state index in [4.69, 9.17) is 5.73 Å². The van der Waals surface area contributed by atoms with Crippen LogP contribution in [0.1, 0.15) is 77.6 Å². The van der Waals surface area contributed by atoms with Gasteiger partial charge in [0.25, 0.3) is 0 Å². The zero-order valence-electron chi connectivity index (χ0n) is 21.5. The van der Waals surface area contributed by atoms with Crippen LogP contribution in [0.5, 0.6) is 0 Å². The first-order valence-electron chi connectivity index (χ1n) is 13.9. The van der Waals surface area contributed by atoms with Crippen LogP contribution in [0.4, 0.5) is 0 Å². The maximum Gasteiger partial charge on any atom is -0.00368 e. The van der Waals surface area contributed by atoms with Crippen molar-refractivity contribution in [2.75, 3.05) is 85.1 Å². The third-order valence-corrected chi connectivity index (χ3v) is 5.55. The quantitative estimate of drug-likeness (QED) is 0.0860. The predicted octanol–water partition coefficient (Wildman–Crippen LogP) is 1.79. The van der Waals surface area contributed by atoms with E-state index in [2.05, 4.69) is 38.8 Å². The predicted molar refractivity (Wildman–Crippen MR) is 143 cm³/mol. The molecule has 0 radical (unpaired) electrons. The Bertz CT molecular complexity index is 289. The first-order valence-corrected chi connectivity index (χ1v) is 13.9. The monoisotopic (exact) mass is 457 g/mol. The Morgan fingerprint density at radius 2 is 0.594 bits per heavy atom. The van der Waals surface area contributed by atoms with Crippen molar-refractivity contribution < 1.29 is 0 Å². The van der Waals surface area contributed by atoms with E-state index in [9.17, 15) is 0 Å². The van der Waals surface area contributed by atoms with Crippen LogP contribution in [0.3, 0.4) is 0 Å². The molecule has 0 fully saturated rings. The summed E-state index contributed by atoms with van der Waals surface area (Å²) < 4.78 is 0. The molecule has 7 heteroatoms. The van der Waals surface area contributed by atoms with Crippen molar-refractivity contribution >= 4 is 0 Å². The lowest BCUT2D eigenvalue weighted by Crippen LogP contribution is -2.25. The molecule has 0 aliphatic carbocycles. The van der Waals surface area contributed by atoms with E-state index in [0.29, 0.717) is 0 Å². The lowest BCUT2D eigenvalue weighted by Gasteiger charge is -2.08. The van der Waals surface area contributed by atoms with Crippen molar-refractivity contribution in [1.29, 1.82) is 0 Å². The summed E-state index contributed by atoms with van der Waals surface area (Å²) in [5, 5.41) is 21.2. The van der Waals surface area contributed by atoms with Gasteiger partial charge in [-0.2, -0.15) is 0 Å². The summed E-state index contributed by atoms with van der Waals surface area (Å²) in [6.45, 7) is 16.7. The molecule has 0 bridgehead atoms. The second-order valence-corrected chi connectivity index (χ2v) is 8.82.